The quantitative estimate of drug-likeness (QED) is 0.485. The molecule has 0 aliphatic carbocycles. The molecule has 1 aliphatic rings. The molecule has 0 saturated carbocycles. The van der Waals surface area contributed by atoms with Crippen LogP contribution in [-0.4, -0.2) is 40.4 Å². The molecule has 0 unspecified atom stereocenters. The molecule has 3 heterocycles. The zero-order valence-corrected chi connectivity index (χ0v) is 15.9. The lowest BCUT2D eigenvalue weighted by atomic mass is 10.1. The van der Waals surface area contributed by atoms with E-state index < -0.39 is 31.1 Å². The summed E-state index contributed by atoms with van der Waals surface area (Å²) in [6.45, 7) is 5.20. The average molecular weight is 398 g/mol. The largest absolute Gasteiger partial charge is 0.359 e. The molecule has 1 aromatic carbocycles. The van der Waals surface area contributed by atoms with Gasteiger partial charge >= 0.3 is 0 Å². The van der Waals surface area contributed by atoms with Crippen LogP contribution in [0.1, 0.15) is 0 Å². The van der Waals surface area contributed by atoms with Crippen molar-refractivity contribution in [1.82, 2.24) is 19.6 Å². The third-order valence-corrected chi connectivity index (χ3v) is 7.68. The van der Waals surface area contributed by atoms with E-state index in [9.17, 15) is 13.2 Å². The molecular formula is C16H15ClF3N5Si. The first-order valence-electron chi connectivity index (χ1n) is 8.06. The lowest BCUT2D eigenvalue weighted by Crippen LogP contribution is -2.33. The first-order chi connectivity index (χ1) is 12.3. The Labute approximate surface area is 153 Å². The first kappa shape index (κ1) is 17.3. The molecule has 0 atom stereocenters. The minimum atomic E-state index is -1.48. The fraction of sp³-hybridized carbons (Fsp3) is 0.312. The summed E-state index contributed by atoms with van der Waals surface area (Å²) in [6, 6.07) is 2.29. The first-order valence-corrected chi connectivity index (χ1v) is 11.9. The van der Waals surface area contributed by atoms with Gasteiger partial charge in [-0.15, -0.1) is 0 Å². The number of fused-ring (bicyclic) bond motifs is 1. The van der Waals surface area contributed by atoms with Crippen LogP contribution in [0.4, 0.5) is 19.0 Å². The summed E-state index contributed by atoms with van der Waals surface area (Å²) in [5.74, 6) is -2.40. The minimum Gasteiger partial charge on any atom is -0.359 e. The van der Waals surface area contributed by atoms with E-state index in [-0.39, 0.29) is 16.5 Å². The number of benzene rings is 1. The van der Waals surface area contributed by atoms with Crippen LogP contribution >= 0.6 is 11.6 Å². The Morgan fingerprint density at radius 3 is 2.42 bits per heavy atom. The number of anilines is 1. The molecule has 4 rings (SSSR count). The molecule has 5 nitrogen and oxygen atoms in total. The molecular weight excluding hydrogens is 383 g/mol. The number of rotatable bonds is 2. The Kier molecular flexibility index (Phi) is 3.96. The van der Waals surface area contributed by atoms with E-state index in [0.717, 1.165) is 12.2 Å². The second-order valence-electron chi connectivity index (χ2n) is 7.15. The van der Waals surface area contributed by atoms with Gasteiger partial charge in [-0.25, -0.2) is 13.2 Å². The van der Waals surface area contributed by atoms with Crippen LogP contribution in [-0.2, 0) is 0 Å². The van der Waals surface area contributed by atoms with E-state index >= 15 is 0 Å². The summed E-state index contributed by atoms with van der Waals surface area (Å²) in [5, 5.41) is 4.05. The second kappa shape index (κ2) is 5.95. The van der Waals surface area contributed by atoms with E-state index in [1.807, 2.05) is 4.90 Å². The van der Waals surface area contributed by atoms with Gasteiger partial charge in [0.2, 0.25) is 0 Å². The van der Waals surface area contributed by atoms with Crippen molar-refractivity contribution in [1.29, 1.82) is 0 Å². The maximum Gasteiger partial charge on any atom is 0.255 e. The van der Waals surface area contributed by atoms with Crippen LogP contribution in [0.25, 0.3) is 16.9 Å². The Balaban J connectivity index is 2.04. The van der Waals surface area contributed by atoms with Crippen LogP contribution in [0.3, 0.4) is 0 Å². The van der Waals surface area contributed by atoms with Crippen molar-refractivity contribution in [3.8, 4) is 11.1 Å². The van der Waals surface area contributed by atoms with Gasteiger partial charge in [-0.3, -0.25) is 0 Å². The Hall–Kier alpha value is -2.13. The summed E-state index contributed by atoms with van der Waals surface area (Å²) in [7, 11) is -1.48. The molecule has 0 amide bonds. The highest BCUT2D eigenvalue weighted by Gasteiger charge is 2.35. The van der Waals surface area contributed by atoms with Crippen molar-refractivity contribution >= 4 is 31.3 Å². The summed E-state index contributed by atoms with van der Waals surface area (Å²) in [4.78, 5) is 10.1. The van der Waals surface area contributed by atoms with Crippen LogP contribution in [0.5, 0.6) is 0 Å². The van der Waals surface area contributed by atoms with E-state index in [4.69, 9.17) is 11.6 Å². The predicted molar refractivity (Wildman–Crippen MR) is 95.6 cm³/mol. The second-order valence-corrected chi connectivity index (χ2v) is 12.7. The molecule has 1 aliphatic heterocycles. The standard InChI is InChI=1S/C16H15ClF3N5Si/c1-26(2)4-3-24(8-26)15-13(12-10(19)5-9(18)6-11(12)20)14(17)23-16-21-7-22-25(15)16/h5-7H,3-4,8H2,1-2H3. The third-order valence-electron chi connectivity index (χ3n) is 4.59. The predicted octanol–water partition coefficient (Wildman–Crippen LogP) is 3.93. The van der Waals surface area contributed by atoms with E-state index in [1.54, 1.807) is 0 Å². The van der Waals surface area contributed by atoms with Gasteiger partial charge in [0.05, 0.1) is 19.2 Å². The average Bonchev–Trinajstić information content (AvgIpc) is 3.12. The maximum absolute atomic E-state index is 14.5. The highest BCUT2D eigenvalue weighted by molar-refractivity contribution is 6.79. The van der Waals surface area contributed by atoms with Crippen molar-refractivity contribution in [3.63, 3.8) is 0 Å². The molecule has 0 N–H and O–H groups in total. The topological polar surface area (TPSA) is 46.3 Å². The van der Waals surface area contributed by atoms with Gasteiger partial charge in [0.15, 0.2) is 0 Å². The molecule has 3 aromatic rings. The summed E-state index contributed by atoms with van der Waals surface area (Å²) in [6.07, 6.45) is 2.09. The summed E-state index contributed by atoms with van der Waals surface area (Å²) in [5.41, 5.74) is -0.353. The highest BCUT2D eigenvalue weighted by atomic mass is 35.5. The molecule has 0 radical (unpaired) electrons. The molecule has 2 aromatic heterocycles. The van der Waals surface area contributed by atoms with Crippen molar-refractivity contribution in [2.24, 2.45) is 0 Å². The lowest BCUT2D eigenvalue weighted by molar-refractivity contribution is 0.547. The van der Waals surface area contributed by atoms with E-state index in [0.29, 0.717) is 24.5 Å². The van der Waals surface area contributed by atoms with Crippen LogP contribution in [0.2, 0.25) is 24.3 Å². The van der Waals surface area contributed by atoms with Crippen molar-refractivity contribution in [2.45, 2.75) is 19.1 Å². The molecule has 0 spiro atoms. The third kappa shape index (κ3) is 2.75. The lowest BCUT2D eigenvalue weighted by Gasteiger charge is -2.24. The van der Waals surface area contributed by atoms with E-state index in [2.05, 4.69) is 28.2 Å². The number of hydrogen-bond donors (Lipinski definition) is 0. The van der Waals surface area contributed by atoms with E-state index in [1.165, 1.54) is 10.8 Å². The summed E-state index contributed by atoms with van der Waals surface area (Å²) < 4.78 is 43.8. The fourth-order valence-electron chi connectivity index (χ4n) is 3.38. The highest BCUT2D eigenvalue weighted by Crippen LogP contribution is 2.41. The molecule has 1 fully saturated rings. The fourth-order valence-corrected chi connectivity index (χ4v) is 6.01. The van der Waals surface area contributed by atoms with Gasteiger partial charge in [-0.05, 0) is 6.04 Å². The molecule has 0 bridgehead atoms. The SMILES string of the molecule is C[Si]1(C)CCN(c2c(-c3c(F)cc(F)cc3F)c(Cl)nc3ncnn23)C1. The monoisotopic (exact) mass is 397 g/mol. The van der Waals surface area contributed by atoms with Gasteiger partial charge in [0.25, 0.3) is 5.78 Å². The number of halogens is 4. The number of aromatic nitrogens is 4. The number of nitrogens with zero attached hydrogens (tertiary/aromatic N) is 5. The van der Waals surface area contributed by atoms with Crippen molar-refractivity contribution in [2.75, 3.05) is 17.6 Å². The molecule has 26 heavy (non-hydrogen) atoms. The zero-order chi connectivity index (χ0) is 18.6. The van der Waals surface area contributed by atoms with Gasteiger partial charge in [0.1, 0.15) is 34.7 Å². The van der Waals surface area contributed by atoms with Gasteiger partial charge in [-0.1, -0.05) is 24.7 Å². The Morgan fingerprint density at radius 2 is 1.81 bits per heavy atom. The maximum atomic E-state index is 14.5. The minimum absolute atomic E-state index is 0.0615. The normalized spacial score (nSPS) is 16.6. The van der Waals surface area contributed by atoms with Gasteiger partial charge in [-0.2, -0.15) is 19.6 Å². The van der Waals surface area contributed by atoms with Gasteiger partial charge in [0, 0.05) is 24.8 Å². The van der Waals surface area contributed by atoms with Crippen LogP contribution in [0, 0.1) is 17.5 Å². The number of hydrogen-bond acceptors (Lipinski definition) is 4. The Bertz CT molecular complexity index is 1000. The van der Waals surface area contributed by atoms with Crippen LogP contribution in [0.15, 0.2) is 18.5 Å². The smallest absolute Gasteiger partial charge is 0.255 e. The van der Waals surface area contributed by atoms with Crippen molar-refractivity contribution < 1.29 is 13.2 Å². The van der Waals surface area contributed by atoms with Gasteiger partial charge < -0.3 is 4.90 Å². The summed E-state index contributed by atoms with van der Waals surface area (Å²) >= 11 is 6.30. The zero-order valence-electron chi connectivity index (χ0n) is 14.1. The van der Waals surface area contributed by atoms with Crippen molar-refractivity contribution in [3.05, 3.63) is 41.1 Å². The van der Waals surface area contributed by atoms with Crippen LogP contribution < -0.4 is 4.90 Å². The Morgan fingerprint density at radius 1 is 1.12 bits per heavy atom. The molecule has 1 saturated heterocycles. The molecule has 10 heteroatoms. The molecule has 136 valence electrons.